The number of halogens is 1. The molecule has 0 N–H and O–H groups in total. The van der Waals surface area contributed by atoms with Gasteiger partial charge in [-0.15, -0.1) is 0 Å². The van der Waals surface area contributed by atoms with Gasteiger partial charge in [0.1, 0.15) is 0 Å². The molecule has 0 radical (unpaired) electrons. The Balaban J connectivity index is 1.67. The van der Waals surface area contributed by atoms with Gasteiger partial charge in [0.25, 0.3) is 0 Å². The summed E-state index contributed by atoms with van der Waals surface area (Å²) in [4.78, 5) is 17.8. The van der Waals surface area contributed by atoms with Gasteiger partial charge in [-0.2, -0.15) is 0 Å². The minimum atomic E-state index is -0.464. The lowest BCUT2D eigenvalue weighted by Crippen LogP contribution is -2.52. The van der Waals surface area contributed by atoms with Crippen molar-refractivity contribution in [3.8, 4) is 5.75 Å². The monoisotopic (exact) mass is 368 g/mol. The number of piperidine rings is 1. The predicted octanol–water partition coefficient (Wildman–Crippen LogP) is 2.47. The largest absolute Gasteiger partial charge is 0.490 e. The highest BCUT2D eigenvalue weighted by Gasteiger charge is 2.28. The molecule has 8 heteroatoms. The molecule has 2 saturated heterocycles. The topological polar surface area (TPSA) is 62.1 Å². The first-order chi connectivity index (χ1) is 12.0. The van der Waals surface area contributed by atoms with Gasteiger partial charge in [-0.3, -0.25) is 15.0 Å². The molecule has 0 unspecified atom stereocenters. The summed E-state index contributed by atoms with van der Waals surface area (Å²) in [6.45, 7) is 6.33. The van der Waals surface area contributed by atoms with Crippen LogP contribution in [0, 0.1) is 10.1 Å². The molecule has 1 aromatic rings. The Morgan fingerprint density at radius 3 is 2.36 bits per heavy atom. The Morgan fingerprint density at radius 1 is 1.16 bits per heavy atom. The van der Waals surface area contributed by atoms with Crippen LogP contribution in [0.1, 0.15) is 12.8 Å². The molecule has 2 aliphatic heterocycles. The fourth-order valence-corrected chi connectivity index (χ4v) is 4.02. The maximum Gasteiger partial charge on any atom is 0.312 e. The second-order valence-electron chi connectivity index (χ2n) is 6.79. The number of hydrogen-bond acceptors (Lipinski definition) is 6. The Morgan fingerprint density at radius 2 is 1.80 bits per heavy atom. The third-order valence-electron chi connectivity index (χ3n) is 5.30. The summed E-state index contributed by atoms with van der Waals surface area (Å²) in [5.41, 5.74) is 0.726. The summed E-state index contributed by atoms with van der Waals surface area (Å²) < 4.78 is 5.18. The number of nitrogens with zero attached hydrogens (tertiary/aromatic N) is 4. The molecule has 0 saturated carbocycles. The highest BCUT2D eigenvalue weighted by Crippen LogP contribution is 2.38. The normalized spacial score (nSPS) is 20.7. The van der Waals surface area contributed by atoms with E-state index in [4.69, 9.17) is 16.3 Å². The highest BCUT2D eigenvalue weighted by molar-refractivity contribution is 6.33. The van der Waals surface area contributed by atoms with Crippen LogP contribution in [0.3, 0.4) is 0 Å². The summed E-state index contributed by atoms with van der Waals surface area (Å²) in [5, 5.41) is 11.5. The lowest BCUT2D eigenvalue weighted by Gasteiger charge is -2.42. The summed E-state index contributed by atoms with van der Waals surface area (Å²) in [5.74, 6) is 0.255. The lowest BCUT2D eigenvalue weighted by atomic mass is 10.0. The van der Waals surface area contributed by atoms with Crippen molar-refractivity contribution in [3.05, 3.63) is 27.3 Å². The van der Waals surface area contributed by atoms with Gasteiger partial charge in [-0.05, 0) is 19.9 Å². The standard InChI is InChI=1S/C17H25ClN4O3/c1-19-7-9-20(10-8-19)13-3-5-21(6-4-13)15-12-17(25-2)16(22(23)24)11-14(15)18/h11-13H,3-10H2,1-2H3. The van der Waals surface area contributed by atoms with Crippen molar-refractivity contribution in [3.63, 3.8) is 0 Å². The van der Waals surface area contributed by atoms with Crippen LogP contribution >= 0.6 is 11.6 Å². The number of hydrogen-bond donors (Lipinski definition) is 0. The van der Waals surface area contributed by atoms with E-state index in [2.05, 4.69) is 21.7 Å². The fourth-order valence-electron chi connectivity index (χ4n) is 3.74. The van der Waals surface area contributed by atoms with E-state index >= 15 is 0 Å². The van der Waals surface area contributed by atoms with Crippen LogP contribution < -0.4 is 9.64 Å². The maximum absolute atomic E-state index is 11.1. The number of ether oxygens (including phenoxy) is 1. The van der Waals surface area contributed by atoms with Gasteiger partial charge in [-0.25, -0.2) is 0 Å². The number of piperazine rings is 1. The SMILES string of the molecule is COc1cc(N2CCC(N3CCN(C)CC3)CC2)c(Cl)cc1[N+](=O)[O-]. The van der Waals surface area contributed by atoms with Gasteiger partial charge < -0.3 is 14.5 Å². The second kappa shape index (κ2) is 7.76. The third-order valence-corrected chi connectivity index (χ3v) is 5.61. The molecule has 7 nitrogen and oxygen atoms in total. The van der Waals surface area contributed by atoms with Gasteiger partial charge in [0.2, 0.25) is 0 Å². The van der Waals surface area contributed by atoms with Gasteiger partial charge >= 0.3 is 5.69 Å². The maximum atomic E-state index is 11.1. The number of benzene rings is 1. The van der Waals surface area contributed by atoms with Crippen molar-refractivity contribution >= 4 is 23.0 Å². The Bertz CT molecular complexity index is 627. The first-order valence-electron chi connectivity index (χ1n) is 8.69. The van der Waals surface area contributed by atoms with Gasteiger partial charge in [0.05, 0.1) is 22.7 Å². The van der Waals surface area contributed by atoms with E-state index in [0.717, 1.165) is 57.8 Å². The summed E-state index contributed by atoms with van der Waals surface area (Å²) in [7, 11) is 3.61. The van der Waals surface area contributed by atoms with Crippen LogP contribution in [0.4, 0.5) is 11.4 Å². The molecular formula is C17H25ClN4O3. The van der Waals surface area contributed by atoms with Crippen LogP contribution in [-0.4, -0.2) is 74.2 Å². The van der Waals surface area contributed by atoms with E-state index in [1.54, 1.807) is 6.07 Å². The number of anilines is 1. The van der Waals surface area contributed by atoms with Crippen molar-refractivity contribution < 1.29 is 9.66 Å². The molecule has 2 heterocycles. The van der Waals surface area contributed by atoms with Crippen LogP contribution in [0.15, 0.2) is 12.1 Å². The van der Waals surface area contributed by atoms with E-state index in [-0.39, 0.29) is 11.4 Å². The molecule has 0 bridgehead atoms. The summed E-state index contributed by atoms with van der Waals surface area (Å²) >= 11 is 6.32. The van der Waals surface area contributed by atoms with Crippen LogP contribution in [-0.2, 0) is 0 Å². The summed E-state index contributed by atoms with van der Waals surface area (Å²) in [6.07, 6.45) is 2.17. The molecule has 2 fully saturated rings. The van der Waals surface area contributed by atoms with Gasteiger partial charge in [0.15, 0.2) is 5.75 Å². The zero-order valence-corrected chi connectivity index (χ0v) is 15.5. The molecule has 138 valence electrons. The van der Waals surface area contributed by atoms with E-state index in [9.17, 15) is 10.1 Å². The van der Waals surface area contributed by atoms with E-state index < -0.39 is 4.92 Å². The van der Waals surface area contributed by atoms with Crippen LogP contribution in [0.25, 0.3) is 0 Å². The third kappa shape index (κ3) is 3.99. The van der Waals surface area contributed by atoms with Crippen LogP contribution in [0.2, 0.25) is 5.02 Å². The van der Waals surface area contributed by atoms with Gasteiger partial charge in [-0.1, -0.05) is 11.6 Å². The number of nitro groups is 1. The zero-order chi connectivity index (χ0) is 18.0. The van der Waals surface area contributed by atoms with Crippen LogP contribution in [0.5, 0.6) is 5.75 Å². The van der Waals surface area contributed by atoms with Crippen molar-refractivity contribution in [1.29, 1.82) is 0 Å². The molecule has 25 heavy (non-hydrogen) atoms. The molecule has 0 atom stereocenters. The average Bonchev–Trinajstić information content (AvgIpc) is 2.62. The number of likely N-dealkylation sites (N-methyl/N-ethyl adjacent to an activating group) is 1. The first-order valence-corrected chi connectivity index (χ1v) is 9.07. The number of rotatable bonds is 4. The summed E-state index contributed by atoms with van der Waals surface area (Å²) in [6, 6.07) is 3.70. The molecule has 0 aliphatic carbocycles. The smallest absolute Gasteiger partial charge is 0.312 e. The Hall–Kier alpha value is -1.57. The molecule has 1 aromatic carbocycles. The van der Waals surface area contributed by atoms with E-state index in [1.807, 2.05) is 0 Å². The van der Waals surface area contributed by atoms with Gasteiger partial charge in [0, 0.05) is 57.4 Å². The molecular weight excluding hydrogens is 344 g/mol. The minimum Gasteiger partial charge on any atom is -0.490 e. The molecule has 3 rings (SSSR count). The predicted molar refractivity (Wildman–Crippen MR) is 99.0 cm³/mol. The number of nitro benzene ring substituents is 1. The number of methoxy groups -OCH3 is 1. The van der Waals surface area contributed by atoms with E-state index in [0.29, 0.717) is 11.1 Å². The zero-order valence-electron chi connectivity index (χ0n) is 14.8. The van der Waals surface area contributed by atoms with Crippen molar-refractivity contribution in [2.24, 2.45) is 0 Å². The molecule has 2 aliphatic rings. The average molecular weight is 369 g/mol. The molecule has 0 spiro atoms. The Labute approximate surface area is 153 Å². The second-order valence-corrected chi connectivity index (χ2v) is 7.20. The minimum absolute atomic E-state index is 0.0939. The molecule has 0 amide bonds. The van der Waals surface area contributed by atoms with Crippen molar-refractivity contribution in [1.82, 2.24) is 9.80 Å². The first kappa shape index (κ1) is 18.2. The highest BCUT2D eigenvalue weighted by atomic mass is 35.5. The lowest BCUT2D eigenvalue weighted by molar-refractivity contribution is -0.385. The van der Waals surface area contributed by atoms with E-state index in [1.165, 1.54) is 13.2 Å². The Kier molecular flexibility index (Phi) is 5.66. The quantitative estimate of drug-likeness (QED) is 0.601. The van der Waals surface area contributed by atoms with Crippen molar-refractivity contribution in [2.45, 2.75) is 18.9 Å². The molecule has 0 aromatic heterocycles. The fraction of sp³-hybridized carbons (Fsp3) is 0.647. The van der Waals surface area contributed by atoms with Crippen molar-refractivity contribution in [2.75, 3.05) is 58.3 Å².